The van der Waals surface area contributed by atoms with Gasteiger partial charge in [-0.05, 0) is 65.2 Å². The third-order valence-electron chi connectivity index (χ3n) is 5.58. The average Bonchev–Trinajstić information content (AvgIpc) is 2.77. The molecule has 2 aromatic carbocycles. The maximum Gasteiger partial charge on any atom is 0.408 e. The molecule has 0 aromatic heterocycles. The first-order valence-corrected chi connectivity index (χ1v) is 12.2. The number of nitrogens with one attached hydrogen (secondary N) is 2. The van der Waals surface area contributed by atoms with Crippen molar-refractivity contribution in [3.8, 4) is 0 Å². The molecule has 37 heavy (non-hydrogen) atoms. The van der Waals surface area contributed by atoms with E-state index in [-0.39, 0.29) is 0 Å². The van der Waals surface area contributed by atoms with E-state index in [1.54, 1.807) is 58.9 Å². The molecule has 0 aliphatic heterocycles. The lowest BCUT2D eigenvalue weighted by Crippen LogP contribution is -2.55. The summed E-state index contributed by atoms with van der Waals surface area (Å²) in [6.07, 6.45) is -1.33. The van der Waals surface area contributed by atoms with Crippen LogP contribution in [-0.2, 0) is 19.1 Å². The molecule has 9 nitrogen and oxygen atoms in total. The highest BCUT2D eigenvalue weighted by Gasteiger charge is 2.38. The van der Waals surface area contributed by atoms with Crippen LogP contribution in [0, 0.1) is 13.8 Å². The van der Waals surface area contributed by atoms with Crippen molar-refractivity contribution >= 4 is 29.5 Å². The second-order valence-electron chi connectivity index (χ2n) is 10.3. The van der Waals surface area contributed by atoms with Crippen molar-refractivity contribution < 1.29 is 23.9 Å². The lowest BCUT2D eigenvalue weighted by Gasteiger charge is -2.37. The van der Waals surface area contributed by atoms with Crippen LogP contribution in [0.3, 0.4) is 0 Å². The Balaban J connectivity index is 2.52. The molecule has 2 aromatic rings. The summed E-state index contributed by atoms with van der Waals surface area (Å²) < 4.78 is 5.29. The van der Waals surface area contributed by atoms with E-state index in [4.69, 9.17) is 10.5 Å². The van der Waals surface area contributed by atoms with Crippen LogP contribution >= 0.6 is 0 Å². The summed E-state index contributed by atoms with van der Waals surface area (Å²) >= 11 is 0. The third kappa shape index (κ3) is 8.34. The first kappa shape index (κ1) is 29.4. The number of aryl methyl sites for hydroxylation is 2. The van der Waals surface area contributed by atoms with E-state index in [9.17, 15) is 19.2 Å². The van der Waals surface area contributed by atoms with Crippen molar-refractivity contribution in [1.29, 1.82) is 0 Å². The van der Waals surface area contributed by atoms with E-state index in [1.165, 1.54) is 4.90 Å². The van der Waals surface area contributed by atoms with Gasteiger partial charge in [0.1, 0.15) is 17.7 Å². The maximum absolute atomic E-state index is 13.9. The number of carbonyl (C=O) groups excluding carboxylic acids is 4. The van der Waals surface area contributed by atoms with Crippen molar-refractivity contribution in [3.05, 3.63) is 65.2 Å². The second-order valence-corrected chi connectivity index (χ2v) is 10.3. The summed E-state index contributed by atoms with van der Waals surface area (Å²) in [5, 5.41) is 5.45. The normalized spacial score (nSPS) is 12.9. The smallest absolute Gasteiger partial charge is 0.408 e. The zero-order chi connectivity index (χ0) is 27.9. The molecule has 0 saturated heterocycles. The van der Waals surface area contributed by atoms with Gasteiger partial charge in [0.2, 0.25) is 11.8 Å². The highest BCUT2D eigenvalue weighted by molar-refractivity contribution is 6.00. The Morgan fingerprint density at radius 1 is 0.946 bits per heavy atom. The second kappa shape index (κ2) is 12.4. The van der Waals surface area contributed by atoms with Crippen molar-refractivity contribution in [2.75, 3.05) is 5.32 Å². The van der Waals surface area contributed by atoms with Crippen LogP contribution in [-0.4, -0.2) is 46.4 Å². The van der Waals surface area contributed by atoms with Gasteiger partial charge in [-0.15, -0.1) is 0 Å². The predicted octanol–water partition coefficient (Wildman–Crippen LogP) is 3.99. The zero-order valence-electron chi connectivity index (χ0n) is 22.6. The topological polar surface area (TPSA) is 131 Å². The van der Waals surface area contributed by atoms with Gasteiger partial charge in [0.05, 0.1) is 6.42 Å². The average molecular weight is 511 g/mol. The molecule has 0 radical (unpaired) electrons. The lowest BCUT2D eigenvalue weighted by atomic mass is 9.99. The van der Waals surface area contributed by atoms with Gasteiger partial charge in [0.25, 0.3) is 5.91 Å². The fourth-order valence-electron chi connectivity index (χ4n) is 3.99. The van der Waals surface area contributed by atoms with Crippen LogP contribution in [0.1, 0.15) is 63.8 Å². The van der Waals surface area contributed by atoms with E-state index >= 15 is 0 Å². The number of carbonyl (C=O) groups is 4. The number of nitrogens with zero attached hydrogens (tertiary/aromatic N) is 1. The fraction of sp³-hybridized carbons (Fsp3) is 0.429. The summed E-state index contributed by atoms with van der Waals surface area (Å²) in [5.74, 6) is -1.85. The number of nitrogens with two attached hydrogens (primary N) is 1. The highest BCUT2D eigenvalue weighted by Crippen LogP contribution is 2.28. The van der Waals surface area contributed by atoms with Gasteiger partial charge in [-0.25, -0.2) is 4.79 Å². The molecule has 0 bridgehead atoms. The van der Waals surface area contributed by atoms with Gasteiger partial charge in [0.15, 0.2) is 0 Å². The quantitative estimate of drug-likeness (QED) is 0.469. The number of rotatable bonds is 9. The van der Waals surface area contributed by atoms with Gasteiger partial charge in [-0.3, -0.25) is 14.4 Å². The van der Waals surface area contributed by atoms with E-state index in [1.807, 2.05) is 38.1 Å². The van der Waals surface area contributed by atoms with Crippen molar-refractivity contribution in [1.82, 2.24) is 10.2 Å². The van der Waals surface area contributed by atoms with Crippen LogP contribution in [0.15, 0.2) is 48.5 Å². The molecule has 0 saturated carbocycles. The molecule has 0 spiro atoms. The number of anilines is 1. The van der Waals surface area contributed by atoms with Gasteiger partial charge >= 0.3 is 6.09 Å². The molecule has 4 amide bonds. The Kier molecular flexibility index (Phi) is 9.82. The zero-order valence-corrected chi connectivity index (χ0v) is 22.6. The third-order valence-corrected chi connectivity index (χ3v) is 5.58. The minimum absolute atomic E-state index is 0.430. The molecular weight excluding hydrogens is 472 g/mol. The summed E-state index contributed by atoms with van der Waals surface area (Å²) in [6.45, 7) is 12.3. The van der Waals surface area contributed by atoms with Gasteiger partial charge in [0, 0.05) is 11.7 Å². The first-order chi connectivity index (χ1) is 17.2. The van der Waals surface area contributed by atoms with Gasteiger partial charge in [-0.1, -0.05) is 48.5 Å². The molecule has 4 N–H and O–H groups in total. The monoisotopic (exact) mass is 510 g/mol. The number of benzene rings is 2. The largest absolute Gasteiger partial charge is 0.444 e. The summed E-state index contributed by atoms with van der Waals surface area (Å²) in [5.41, 5.74) is 7.57. The molecule has 0 heterocycles. The maximum atomic E-state index is 13.9. The van der Waals surface area contributed by atoms with Crippen molar-refractivity contribution in [2.24, 2.45) is 5.73 Å². The minimum Gasteiger partial charge on any atom is -0.444 e. The minimum atomic E-state index is -1.33. The molecule has 0 aliphatic carbocycles. The highest BCUT2D eigenvalue weighted by atomic mass is 16.6. The van der Waals surface area contributed by atoms with Gasteiger partial charge < -0.3 is 26.0 Å². The number of para-hydroxylation sites is 1. The van der Waals surface area contributed by atoms with Crippen LogP contribution < -0.4 is 16.4 Å². The summed E-state index contributed by atoms with van der Waals surface area (Å²) in [4.78, 5) is 53.4. The Morgan fingerprint density at radius 3 is 2.00 bits per heavy atom. The molecule has 9 heteroatoms. The first-order valence-electron chi connectivity index (χ1n) is 12.2. The number of hydrogen-bond acceptors (Lipinski definition) is 5. The Morgan fingerprint density at radius 2 is 1.51 bits per heavy atom. The fourth-order valence-corrected chi connectivity index (χ4v) is 3.99. The van der Waals surface area contributed by atoms with Crippen LogP contribution in [0.5, 0.6) is 0 Å². The van der Waals surface area contributed by atoms with Crippen molar-refractivity contribution in [3.63, 3.8) is 0 Å². The number of hydrogen-bond donors (Lipinski definition) is 3. The standard InChI is InChI=1S/C28H38N4O5/c1-17(2)32(26(35)21(16-22(29)33)30-27(36)37-28(5,6)7)24(20-14-9-8-10-15-20)25(34)31-23-18(3)12-11-13-19(23)4/h8-15,17,21,24H,16H2,1-7H3,(H2,29,33)(H,30,36)(H,31,34). The Bertz CT molecular complexity index is 1100. The van der Waals surface area contributed by atoms with E-state index in [0.29, 0.717) is 11.3 Å². The predicted molar refractivity (Wildman–Crippen MR) is 143 cm³/mol. The van der Waals surface area contributed by atoms with E-state index in [2.05, 4.69) is 10.6 Å². The molecule has 2 unspecified atom stereocenters. The SMILES string of the molecule is Cc1cccc(C)c1NC(=O)C(c1ccccc1)N(C(=O)C(CC(N)=O)NC(=O)OC(C)(C)C)C(C)C. The molecule has 2 atom stereocenters. The number of primary amides is 1. The number of alkyl carbamates (subject to hydrolysis) is 1. The van der Waals surface area contributed by atoms with Crippen molar-refractivity contribution in [2.45, 2.75) is 78.6 Å². The Labute approximate surface area is 218 Å². The Hall–Kier alpha value is -3.88. The molecular formula is C28H38N4O5. The summed E-state index contributed by atoms with van der Waals surface area (Å²) in [7, 11) is 0. The molecule has 0 aliphatic rings. The van der Waals surface area contributed by atoms with Crippen LogP contribution in [0.4, 0.5) is 10.5 Å². The van der Waals surface area contributed by atoms with E-state index < -0.39 is 54.0 Å². The van der Waals surface area contributed by atoms with E-state index in [0.717, 1.165) is 11.1 Å². The molecule has 200 valence electrons. The molecule has 0 fully saturated rings. The van der Waals surface area contributed by atoms with Gasteiger partial charge in [-0.2, -0.15) is 0 Å². The molecule has 2 rings (SSSR count). The lowest BCUT2D eigenvalue weighted by molar-refractivity contribution is -0.143. The number of amides is 4. The van der Waals surface area contributed by atoms with Crippen LogP contribution in [0.2, 0.25) is 0 Å². The summed E-state index contributed by atoms with van der Waals surface area (Å²) in [6, 6.07) is 11.7. The number of ether oxygens (including phenoxy) is 1. The van der Waals surface area contributed by atoms with Crippen LogP contribution in [0.25, 0.3) is 0 Å².